The number of ketones is 1. The van der Waals surface area contributed by atoms with Crippen LogP contribution in [0.4, 0.5) is 17.6 Å². The van der Waals surface area contributed by atoms with Crippen LogP contribution in [-0.4, -0.2) is 61.0 Å². The molecule has 1 fully saturated rings. The molecule has 6 N–H and O–H groups in total. The van der Waals surface area contributed by atoms with E-state index in [-0.39, 0.29) is 14.9 Å². The molecule has 0 bridgehead atoms. The zero-order chi connectivity index (χ0) is 29.5. The van der Waals surface area contributed by atoms with Crippen molar-refractivity contribution in [2.45, 2.75) is 22.5 Å². The van der Waals surface area contributed by atoms with Gasteiger partial charge >= 0.3 is 0 Å². The van der Waals surface area contributed by atoms with Crippen LogP contribution in [0.15, 0.2) is 40.9 Å². The lowest BCUT2D eigenvalue weighted by molar-refractivity contribution is -0.135. The van der Waals surface area contributed by atoms with E-state index in [1.165, 1.54) is 6.07 Å². The van der Waals surface area contributed by atoms with Gasteiger partial charge in [-0.1, -0.05) is 35.9 Å². The third-order valence-corrected chi connectivity index (χ3v) is 9.42. The summed E-state index contributed by atoms with van der Waals surface area (Å²) in [5.41, 5.74) is -4.28. The van der Waals surface area contributed by atoms with E-state index in [9.17, 15) is 41.3 Å². The van der Waals surface area contributed by atoms with E-state index in [0.29, 0.717) is 12.3 Å². The Bertz CT molecular complexity index is 1500. The number of rotatable bonds is 7. The van der Waals surface area contributed by atoms with Crippen molar-refractivity contribution < 1.29 is 46.1 Å². The molecule has 1 saturated heterocycles. The molecule has 39 heavy (non-hydrogen) atoms. The monoisotopic (exact) mass is 613 g/mol. The zero-order valence-electron chi connectivity index (χ0n) is 19.8. The Balaban J connectivity index is 2.19. The summed E-state index contributed by atoms with van der Waals surface area (Å²) in [6.45, 7) is 2.11. The van der Waals surface area contributed by atoms with Crippen molar-refractivity contribution in [1.82, 2.24) is 5.43 Å². The molecule has 2 aromatic rings. The third-order valence-electron chi connectivity index (χ3n) is 5.82. The van der Waals surface area contributed by atoms with Crippen molar-refractivity contribution in [2.75, 3.05) is 12.9 Å². The number of ether oxygens (including phenoxy) is 1. The van der Waals surface area contributed by atoms with Gasteiger partial charge in [0.05, 0.1) is 39.0 Å². The van der Waals surface area contributed by atoms with E-state index in [4.69, 9.17) is 33.8 Å². The van der Waals surface area contributed by atoms with E-state index >= 15 is 0 Å². The molecule has 0 amide bonds. The summed E-state index contributed by atoms with van der Waals surface area (Å²) in [5.74, 6) is -3.41. The fourth-order valence-electron chi connectivity index (χ4n) is 3.73. The van der Waals surface area contributed by atoms with Crippen LogP contribution >= 0.6 is 23.2 Å². The van der Waals surface area contributed by atoms with Gasteiger partial charge in [-0.05, 0) is 18.2 Å². The first kappa shape index (κ1) is 30.8. The number of nitrogens with two attached hydrogens (primary N) is 1. The van der Waals surface area contributed by atoms with Crippen LogP contribution in [-0.2, 0) is 18.9 Å². The van der Waals surface area contributed by atoms with Crippen molar-refractivity contribution in [1.29, 1.82) is 0 Å². The molecule has 0 aliphatic carbocycles. The van der Waals surface area contributed by atoms with Gasteiger partial charge in [-0.15, -0.1) is 9.35 Å². The first-order chi connectivity index (χ1) is 18.1. The number of hydrazine groups is 1. The number of aliphatic hydroxyl groups is 2. The van der Waals surface area contributed by atoms with Gasteiger partial charge in [0.15, 0.2) is 22.9 Å². The Hall–Kier alpha value is -2.69. The molecule has 1 heterocycles. The minimum atomic E-state index is -5.28. The summed E-state index contributed by atoms with van der Waals surface area (Å²) in [5, 5.41) is 20.5. The maximum absolute atomic E-state index is 14.8. The van der Waals surface area contributed by atoms with Crippen LogP contribution in [0.25, 0.3) is 11.8 Å². The fraction of sp³-hybridized carbons (Fsp3) is 0.217. The summed E-state index contributed by atoms with van der Waals surface area (Å²) in [7, 11) is -5.28. The molecule has 0 aromatic heterocycles. The number of benzene rings is 2. The van der Waals surface area contributed by atoms with Crippen molar-refractivity contribution >= 4 is 55.8 Å². The maximum Gasteiger partial charge on any atom is 0.211 e. The van der Waals surface area contributed by atoms with Crippen LogP contribution < -0.4 is 11.3 Å². The number of hydrogen-bond acceptors (Lipinski definition) is 8. The fourth-order valence-corrected chi connectivity index (χ4v) is 6.30. The van der Waals surface area contributed by atoms with Crippen LogP contribution in [0.1, 0.15) is 11.1 Å². The number of carbonyl (C=O) groups is 1. The van der Waals surface area contributed by atoms with Gasteiger partial charge in [-0.25, -0.2) is 21.8 Å². The van der Waals surface area contributed by atoms with Gasteiger partial charge < -0.3 is 20.4 Å². The summed E-state index contributed by atoms with van der Waals surface area (Å²) in [6.07, 6.45) is -2.19. The van der Waals surface area contributed by atoms with Gasteiger partial charge in [0.1, 0.15) is 23.7 Å². The molecule has 2 aromatic carbocycles. The first-order valence-corrected chi connectivity index (χ1v) is 13.8. The molecule has 9 nitrogen and oxygen atoms in total. The standard InChI is InChI=1S/C23H21Cl2F4N3O6S/c1-3-10-16(26)15(18(28)19(29)17(10)27)13(32-30)7-31-20-21(34)14(8-33)38-23(22(20)35)39(2,36,37)9-4-5-11(24)12(25)6-9/h3-7,14,22-23,32-33,35H,1,8,30H2,2H3,(H,36,37)/b13-7-,31-20?/t14?,22?,23-/m1/s1. The van der Waals surface area contributed by atoms with Crippen molar-refractivity contribution in [3.8, 4) is 0 Å². The number of nitrogens with zero attached hydrogens (tertiary/aromatic N) is 1. The third kappa shape index (κ3) is 5.38. The molecule has 3 rings (SSSR count). The van der Waals surface area contributed by atoms with E-state index in [1.54, 1.807) is 0 Å². The Morgan fingerprint density at radius 2 is 1.85 bits per heavy atom. The minimum absolute atomic E-state index is 0.0440. The van der Waals surface area contributed by atoms with Crippen LogP contribution in [0.5, 0.6) is 0 Å². The molecular weight excluding hydrogens is 593 g/mol. The molecule has 1 aliphatic heterocycles. The number of aliphatic imine (C=N–C) groups is 1. The highest BCUT2D eigenvalue weighted by molar-refractivity contribution is 8.15. The van der Waals surface area contributed by atoms with Gasteiger partial charge in [-0.3, -0.25) is 20.2 Å². The topological polar surface area (TPSA) is 154 Å². The summed E-state index contributed by atoms with van der Waals surface area (Å²) in [6, 6.07) is 3.37. The molecule has 1 aliphatic rings. The largest absolute Gasteiger partial charge is 0.393 e. The molecule has 0 spiro atoms. The van der Waals surface area contributed by atoms with Gasteiger partial charge in [0.2, 0.25) is 5.78 Å². The van der Waals surface area contributed by atoms with Crippen molar-refractivity contribution in [3.05, 3.63) is 75.4 Å². The van der Waals surface area contributed by atoms with E-state index in [1.807, 2.05) is 5.43 Å². The summed E-state index contributed by atoms with van der Waals surface area (Å²) < 4.78 is 87.7. The molecular formula is C23H21Cl2F4N3O6S. The molecule has 212 valence electrons. The average Bonchev–Trinajstić information content (AvgIpc) is 2.87. The van der Waals surface area contributed by atoms with Gasteiger partial charge in [0.25, 0.3) is 0 Å². The SMILES string of the molecule is C=Cc1c(F)c(F)c(F)c(/C(=C/N=C2C(=O)C(CO)O[C@H](S(C)(=O)(O)c3ccc(Cl)c(Cl)c3)C2O)NN)c1F. The normalized spacial score (nSPS) is 22.5. The Labute approximate surface area is 228 Å². The molecule has 0 saturated carbocycles. The zero-order valence-corrected chi connectivity index (χ0v) is 22.1. The molecule has 2 unspecified atom stereocenters. The Kier molecular flexibility index (Phi) is 8.75. The summed E-state index contributed by atoms with van der Waals surface area (Å²) in [4.78, 5) is 16.1. The number of halogens is 6. The van der Waals surface area contributed by atoms with Crippen LogP contribution in [0.2, 0.25) is 10.0 Å². The Morgan fingerprint density at radius 1 is 1.21 bits per heavy atom. The minimum Gasteiger partial charge on any atom is -0.393 e. The second-order valence-corrected chi connectivity index (χ2v) is 12.8. The molecule has 16 heteroatoms. The average molecular weight is 614 g/mol. The Morgan fingerprint density at radius 3 is 2.38 bits per heavy atom. The van der Waals surface area contributed by atoms with E-state index in [2.05, 4.69) is 11.6 Å². The lowest BCUT2D eigenvalue weighted by Gasteiger charge is -2.49. The van der Waals surface area contributed by atoms with Gasteiger partial charge in [-0.2, -0.15) is 0 Å². The van der Waals surface area contributed by atoms with Crippen molar-refractivity contribution in [2.24, 2.45) is 10.8 Å². The summed E-state index contributed by atoms with van der Waals surface area (Å²) >= 11 is 11.8. The number of hydrogen-bond donors (Lipinski definition) is 5. The lowest BCUT2D eigenvalue weighted by atomic mass is 10.0. The molecule has 0 radical (unpaired) electrons. The first-order valence-electron chi connectivity index (χ1n) is 10.6. The number of nitrogens with one attached hydrogen (secondary N) is 1. The second-order valence-electron chi connectivity index (χ2n) is 8.37. The van der Waals surface area contributed by atoms with Crippen LogP contribution in [0.3, 0.4) is 0 Å². The number of Topliss-reactive ketones (excluding diaryl/α,β-unsaturated/α-hetero) is 1. The highest BCUT2D eigenvalue weighted by atomic mass is 35.5. The highest BCUT2D eigenvalue weighted by Gasteiger charge is 2.51. The smallest absolute Gasteiger partial charge is 0.211 e. The van der Waals surface area contributed by atoms with Crippen LogP contribution in [0, 0.1) is 23.3 Å². The lowest BCUT2D eigenvalue weighted by Crippen LogP contribution is -2.62. The highest BCUT2D eigenvalue weighted by Crippen LogP contribution is 2.41. The quantitative estimate of drug-likeness (QED) is 0.105. The predicted molar refractivity (Wildman–Crippen MR) is 137 cm³/mol. The van der Waals surface area contributed by atoms with E-state index < -0.39 is 85.2 Å². The predicted octanol–water partition coefficient (Wildman–Crippen LogP) is 3.02. The van der Waals surface area contributed by atoms with E-state index in [0.717, 1.165) is 18.4 Å². The molecule has 3 atom stereocenters. The number of aliphatic hydroxyl groups excluding tert-OH is 2. The van der Waals surface area contributed by atoms with Crippen molar-refractivity contribution in [3.63, 3.8) is 0 Å². The second kappa shape index (κ2) is 11.1. The maximum atomic E-state index is 14.8. The number of carbonyl (C=O) groups excluding carboxylic acids is 1. The van der Waals surface area contributed by atoms with Gasteiger partial charge in [0, 0.05) is 11.8 Å².